The van der Waals surface area contributed by atoms with Crippen molar-refractivity contribution in [2.45, 2.75) is 43.6 Å². The first kappa shape index (κ1) is 14.0. The molecule has 3 nitrogen and oxygen atoms in total. The van der Waals surface area contributed by atoms with Gasteiger partial charge in [0.2, 0.25) is 0 Å². The molecule has 5 heteroatoms. The molecule has 2 rings (SSSR count). The molecule has 0 saturated heterocycles. The lowest BCUT2D eigenvalue weighted by Crippen LogP contribution is -2.35. The molecule has 100 valence electrons. The fraction of sp³-hybridized carbons (Fsp3) is 0.615. The van der Waals surface area contributed by atoms with Crippen molar-refractivity contribution in [3.05, 3.63) is 21.9 Å². The molecule has 1 unspecified atom stereocenters. The van der Waals surface area contributed by atoms with Crippen molar-refractivity contribution < 1.29 is 9.90 Å². The van der Waals surface area contributed by atoms with Crippen LogP contribution in [0.5, 0.6) is 0 Å². The molecule has 1 aliphatic heterocycles. The van der Waals surface area contributed by atoms with Crippen LogP contribution in [0.25, 0.3) is 0 Å². The second-order valence-electron chi connectivity index (χ2n) is 4.66. The summed E-state index contributed by atoms with van der Waals surface area (Å²) in [6, 6.07) is 2.22. The Morgan fingerprint density at radius 3 is 3.17 bits per heavy atom. The summed E-state index contributed by atoms with van der Waals surface area (Å²) in [5.74, 6) is -0.693. The van der Waals surface area contributed by atoms with Crippen molar-refractivity contribution in [2.75, 3.05) is 6.54 Å². The molecule has 1 aromatic heterocycles. The van der Waals surface area contributed by atoms with Crippen molar-refractivity contribution in [1.82, 2.24) is 4.90 Å². The van der Waals surface area contributed by atoms with Gasteiger partial charge in [-0.15, -0.1) is 11.3 Å². The van der Waals surface area contributed by atoms with Gasteiger partial charge < -0.3 is 5.11 Å². The molecule has 1 atom stereocenters. The van der Waals surface area contributed by atoms with E-state index in [2.05, 4.69) is 32.3 Å². The highest BCUT2D eigenvalue weighted by Crippen LogP contribution is 2.28. The Kier molecular flexibility index (Phi) is 5.21. The van der Waals surface area contributed by atoms with Crippen molar-refractivity contribution in [3.63, 3.8) is 0 Å². The quantitative estimate of drug-likeness (QED) is 0.493. The monoisotopic (exact) mass is 331 g/mol. The van der Waals surface area contributed by atoms with Gasteiger partial charge in [0.05, 0.1) is 4.95 Å². The second-order valence-corrected chi connectivity index (χ2v) is 6.72. The van der Waals surface area contributed by atoms with E-state index in [4.69, 9.17) is 5.11 Å². The third-order valence-electron chi connectivity index (χ3n) is 3.32. The highest BCUT2D eigenvalue weighted by Gasteiger charge is 2.21. The summed E-state index contributed by atoms with van der Waals surface area (Å²) in [7, 11) is 0. The predicted octanol–water partition coefficient (Wildman–Crippen LogP) is 3.47. The Hall–Kier alpha value is -0.390. The lowest BCUT2D eigenvalue weighted by atomic mass is 10.1. The molecular formula is C13H18BrNO2S. The molecule has 0 aromatic carbocycles. The first-order valence-electron chi connectivity index (χ1n) is 6.32. The summed E-state index contributed by atoms with van der Waals surface area (Å²) in [6.45, 7) is 2.12. The van der Waals surface area contributed by atoms with Gasteiger partial charge >= 0.3 is 5.97 Å². The minimum Gasteiger partial charge on any atom is -0.481 e. The fourth-order valence-electron chi connectivity index (χ4n) is 2.28. The zero-order valence-electron chi connectivity index (χ0n) is 10.3. The van der Waals surface area contributed by atoms with E-state index in [0.717, 1.165) is 38.8 Å². The smallest absolute Gasteiger partial charge is 0.303 e. The normalized spacial score (nSPS) is 17.4. The van der Waals surface area contributed by atoms with Crippen LogP contribution in [0.15, 0.2) is 11.4 Å². The van der Waals surface area contributed by atoms with Crippen LogP contribution in [-0.4, -0.2) is 27.5 Å². The topological polar surface area (TPSA) is 40.5 Å². The van der Waals surface area contributed by atoms with E-state index in [1.165, 1.54) is 10.4 Å². The third-order valence-corrected chi connectivity index (χ3v) is 5.38. The first-order valence-corrected chi connectivity index (χ1v) is 8.11. The van der Waals surface area contributed by atoms with Gasteiger partial charge in [0.25, 0.3) is 0 Å². The maximum absolute atomic E-state index is 10.4. The lowest BCUT2D eigenvalue weighted by molar-refractivity contribution is -0.137. The number of rotatable bonds is 6. The van der Waals surface area contributed by atoms with E-state index in [9.17, 15) is 4.79 Å². The van der Waals surface area contributed by atoms with Gasteiger partial charge in [-0.2, -0.15) is 0 Å². The highest BCUT2D eigenvalue weighted by atomic mass is 79.9. The molecule has 0 amide bonds. The zero-order valence-corrected chi connectivity index (χ0v) is 12.7. The SMILES string of the molecule is O=C(O)CCCCC(Br)N1CCc2sccc2C1. The van der Waals surface area contributed by atoms with Crippen molar-refractivity contribution in [3.8, 4) is 0 Å². The summed E-state index contributed by atoms with van der Waals surface area (Å²) in [4.78, 5) is 14.8. The highest BCUT2D eigenvalue weighted by molar-refractivity contribution is 9.09. The second kappa shape index (κ2) is 6.68. The first-order chi connectivity index (χ1) is 8.66. The number of carboxylic acid groups (broad SMARTS) is 1. The van der Waals surface area contributed by atoms with Gasteiger partial charge in [-0.25, -0.2) is 0 Å². The van der Waals surface area contributed by atoms with E-state index in [1.807, 2.05) is 11.3 Å². The van der Waals surface area contributed by atoms with Gasteiger partial charge in [-0.05, 0) is 36.3 Å². The van der Waals surface area contributed by atoms with E-state index >= 15 is 0 Å². The van der Waals surface area contributed by atoms with Crippen LogP contribution in [0, 0.1) is 0 Å². The minimum absolute atomic E-state index is 0.286. The molecule has 1 aliphatic rings. The average molecular weight is 332 g/mol. The molecule has 1 N–H and O–H groups in total. The standard InChI is InChI=1S/C13H18BrNO2S/c14-12(3-1-2-4-13(16)17)15-7-5-11-10(9-15)6-8-18-11/h6,8,12H,1-5,7,9H2,(H,16,17). The molecule has 18 heavy (non-hydrogen) atoms. The summed E-state index contributed by atoms with van der Waals surface area (Å²) in [6.07, 6.45) is 4.19. The molecule has 0 saturated carbocycles. The Balaban J connectivity index is 1.74. The number of thiophene rings is 1. The van der Waals surface area contributed by atoms with Crippen LogP contribution < -0.4 is 0 Å². The van der Waals surface area contributed by atoms with Gasteiger partial charge in [-0.3, -0.25) is 9.69 Å². The Morgan fingerprint density at radius 1 is 1.56 bits per heavy atom. The Morgan fingerprint density at radius 2 is 2.39 bits per heavy atom. The molecule has 0 spiro atoms. The number of nitrogens with zero attached hydrogens (tertiary/aromatic N) is 1. The van der Waals surface area contributed by atoms with Crippen LogP contribution in [-0.2, 0) is 17.8 Å². The largest absolute Gasteiger partial charge is 0.481 e. The maximum atomic E-state index is 10.4. The van der Waals surface area contributed by atoms with Crippen LogP contribution >= 0.6 is 27.3 Å². The number of hydrogen-bond donors (Lipinski definition) is 1. The summed E-state index contributed by atoms with van der Waals surface area (Å²) >= 11 is 5.59. The maximum Gasteiger partial charge on any atom is 0.303 e. The molecule has 0 radical (unpaired) electrons. The summed E-state index contributed by atoms with van der Waals surface area (Å²) in [5.41, 5.74) is 1.46. The van der Waals surface area contributed by atoms with E-state index in [1.54, 1.807) is 0 Å². The Bertz CT molecular complexity index is 407. The number of carboxylic acids is 1. The number of alkyl halides is 1. The predicted molar refractivity (Wildman–Crippen MR) is 77.3 cm³/mol. The average Bonchev–Trinajstić information content (AvgIpc) is 2.81. The number of hydrogen-bond acceptors (Lipinski definition) is 3. The van der Waals surface area contributed by atoms with E-state index < -0.39 is 5.97 Å². The molecule has 0 bridgehead atoms. The van der Waals surface area contributed by atoms with Crippen molar-refractivity contribution >= 4 is 33.2 Å². The molecule has 1 aromatic rings. The van der Waals surface area contributed by atoms with Gasteiger partial charge in [0.15, 0.2) is 0 Å². The number of fused-ring (bicyclic) bond motifs is 1. The number of carbonyl (C=O) groups is 1. The number of aliphatic carboxylic acids is 1. The third kappa shape index (κ3) is 3.80. The zero-order chi connectivity index (χ0) is 13.0. The number of unbranched alkanes of at least 4 members (excludes halogenated alkanes) is 1. The molecule has 2 heterocycles. The Labute approximate surface area is 120 Å². The lowest BCUT2D eigenvalue weighted by Gasteiger charge is -2.31. The van der Waals surface area contributed by atoms with Crippen LogP contribution in [0.1, 0.15) is 36.1 Å². The minimum atomic E-state index is -0.693. The van der Waals surface area contributed by atoms with E-state index in [0.29, 0.717) is 4.95 Å². The van der Waals surface area contributed by atoms with Crippen molar-refractivity contribution in [1.29, 1.82) is 0 Å². The molecule has 0 fully saturated rings. The van der Waals surface area contributed by atoms with Gasteiger partial charge in [0.1, 0.15) is 0 Å². The van der Waals surface area contributed by atoms with Crippen LogP contribution in [0.2, 0.25) is 0 Å². The molecule has 0 aliphatic carbocycles. The van der Waals surface area contributed by atoms with Gasteiger partial charge in [-0.1, -0.05) is 22.4 Å². The van der Waals surface area contributed by atoms with E-state index in [-0.39, 0.29) is 6.42 Å². The summed E-state index contributed by atoms with van der Waals surface area (Å²) in [5, 5.41) is 10.8. The van der Waals surface area contributed by atoms with Crippen molar-refractivity contribution in [2.24, 2.45) is 0 Å². The van der Waals surface area contributed by atoms with Crippen LogP contribution in [0.4, 0.5) is 0 Å². The number of halogens is 1. The summed E-state index contributed by atoms with van der Waals surface area (Å²) < 4.78 is 0. The van der Waals surface area contributed by atoms with Crippen LogP contribution in [0.3, 0.4) is 0 Å². The van der Waals surface area contributed by atoms with Gasteiger partial charge in [0, 0.05) is 24.4 Å². The molecular weight excluding hydrogens is 314 g/mol. The fourth-order valence-corrected chi connectivity index (χ4v) is 3.84.